The van der Waals surface area contributed by atoms with E-state index in [-0.39, 0.29) is 18.2 Å². The number of nitrogen functional groups attached to an aromatic ring is 1. The molecule has 0 radical (unpaired) electrons. The lowest BCUT2D eigenvalue weighted by Crippen LogP contribution is -2.16. The maximum absolute atomic E-state index is 14.2. The predicted molar refractivity (Wildman–Crippen MR) is 122 cm³/mol. The topological polar surface area (TPSA) is 128 Å². The maximum Gasteiger partial charge on any atom is 0.166 e. The Balaban J connectivity index is 1.80. The van der Waals surface area contributed by atoms with Gasteiger partial charge in [0.25, 0.3) is 0 Å². The van der Waals surface area contributed by atoms with Crippen molar-refractivity contribution in [1.29, 1.82) is 0 Å². The Morgan fingerprint density at radius 1 is 1.06 bits per heavy atom. The molecule has 0 bridgehead atoms. The molecular formula is C23H26ClFN4O3. The Morgan fingerprint density at radius 2 is 1.81 bits per heavy atom. The SMILES string of the molecule is CC(Oc1cc(-c2ccc(C(CN)CCC(O)O)nc2)cnc1N)c1cc(Cl)ccc1F. The van der Waals surface area contributed by atoms with Crippen molar-refractivity contribution in [3.8, 4) is 16.9 Å². The molecule has 0 aliphatic carbocycles. The normalized spacial score (nSPS) is 13.2. The van der Waals surface area contributed by atoms with Crippen molar-refractivity contribution in [3.63, 3.8) is 0 Å². The quantitative estimate of drug-likeness (QED) is 0.357. The fourth-order valence-electron chi connectivity index (χ4n) is 3.34. The van der Waals surface area contributed by atoms with Crippen molar-refractivity contribution in [2.75, 3.05) is 12.3 Å². The molecule has 0 saturated carbocycles. The number of ether oxygens (including phenoxy) is 1. The van der Waals surface area contributed by atoms with Gasteiger partial charge in [-0.1, -0.05) is 17.7 Å². The molecule has 3 rings (SSSR count). The predicted octanol–water partition coefficient (Wildman–Crippen LogP) is 3.79. The van der Waals surface area contributed by atoms with Gasteiger partial charge in [-0.25, -0.2) is 9.37 Å². The summed E-state index contributed by atoms with van der Waals surface area (Å²) in [6.07, 6.45) is 2.02. The summed E-state index contributed by atoms with van der Waals surface area (Å²) in [4.78, 5) is 8.67. The molecule has 2 atom stereocenters. The molecule has 7 nitrogen and oxygen atoms in total. The number of rotatable bonds is 9. The summed E-state index contributed by atoms with van der Waals surface area (Å²) in [6.45, 7) is 2.05. The van der Waals surface area contributed by atoms with Crippen LogP contribution in [-0.2, 0) is 0 Å². The van der Waals surface area contributed by atoms with E-state index in [1.54, 1.807) is 25.4 Å². The van der Waals surface area contributed by atoms with E-state index in [1.165, 1.54) is 18.2 Å². The third-order valence-corrected chi connectivity index (χ3v) is 5.41. The van der Waals surface area contributed by atoms with Crippen LogP contribution in [-0.4, -0.2) is 33.0 Å². The van der Waals surface area contributed by atoms with Gasteiger partial charge in [-0.3, -0.25) is 4.98 Å². The van der Waals surface area contributed by atoms with Crippen LogP contribution in [0.15, 0.2) is 48.8 Å². The highest BCUT2D eigenvalue weighted by Gasteiger charge is 2.17. The first-order chi connectivity index (χ1) is 15.3. The molecule has 32 heavy (non-hydrogen) atoms. The third-order valence-electron chi connectivity index (χ3n) is 5.18. The van der Waals surface area contributed by atoms with E-state index < -0.39 is 18.2 Å². The van der Waals surface area contributed by atoms with Crippen molar-refractivity contribution in [2.24, 2.45) is 5.73 Å². The Labute approximate surface area is 190 Å². The second-order valence-electron chi connectivity index (χ2n) is 7.50. The van der Waals surface area contributed by atoms with Crippen LogP contribution in [0.4, 0.5) is 10.2 Å². The standard InChI is InChI=1S/C23H26ClFN4O3/c1-13(18-9-17(24)4-5-19(18)25)32-21-8-16(12-29-23(21)27)15-2-6-20(28-11-15)14(10-26)3-7-22(30)31/h2,4-6,8-9,11-14,22,30-31H,3,7,10,26H2,1H3,(H2,27,29). The van der Waals surface area contributed by atoms with Crippen LogP contribution in [0.2, 0.25) is 5.02 Å². The van der Waals surface area contributed by atoms with Gasteiger partial charge in [0, 0.05) is 52.3 Å². The van der Waals surface area contributed by atoms with E-state index >= 15 is 0 Å². The lowest BCUT2D eigenvalue weighted by molar-refractivity contribution is -0.0473. The Kier molecular flexibility index (Phi) is 7.98. The van der Waals surface area contributed by atoms with Crippen LogP contribution in [0.3, 0.4) is 0 Å². The summed E-state index contributed by atoms with van der Waals surface area (Å²) < 4.78 is 20.1. The molecule has 2 heterocycles. The highest BCUT2D eigenvalue weighted by atomic mass is 35.5. The summed E-state index contributed by atoms with van der Waals surface area (Å²) in [5, 5.41) is 18.6. The van der Waals surface area contributed by atoms with Gasteiger partial charge >= 0.3 is 0 Å². The van der Waals surface area contributed by atoms with E-state index in [9.17, 15) is 4.39 Å². The number of hydrogen-bond donors (Lipinski definition) is 4. The van der Waals surface area contributed by atoms with Crippen LogP contribution in [0.25, 0.3) is 11.1 Å². The zero-order valence-corrected chi connectivity index (χ0v) is 18.3. The molecule has 6 N–H and O–H groups in total. The van der Waals surface area contributed by atoms with Gasteiger partial charge < -0.3 is 26.4 Å². The van der Waals surface area contributed by atoms with Crippen molar-refractivity contribution < 1.29 is 19.3 Å². The summed E-state index contributed by atoms with van der Waals surface area (Å²) >= 11 is 5.98. The van der Waals surface area contributed by atoms with Crippen molar-refractivity contribution in [2.45, 2.75) is 38.1 Å². The first-order valence-corrected chi connectivity index (χ1v) is 10.6. The first-order valence-electron chi connectivity index (χ1n) is 10.2. The molecule has 1 aromatic carbocycles. The first kappa shape index (κ1) is 23.9. The minimum absolute atomic E-state index is 0.0808. The van der Waals surface area contributed by atoms with Crippen molar-refractivity contribution in [1.82, 2.24) is 9.97 Å². The number of benzene rings is 1. The van der Waals surface area contributed by atoms with Crippen LogP contribution in [0, 0.1) is 5.82 Å². The molecular weight excluding hydrogens is 435 g/mol. The minimum atomic E-state index is -1.37. The molecule has 0 saturated heterocycles. The number of aromatic nitrogens is 2. The zero-order chi connectivity index (χ0) is 23.3. The molecule has 2 unspecified atom stereocenters. The van der Waals surface area contributed by atoms with Crippen LogP contribution < -0.4 is 16.2 Å². The van der Waals surface area contributed by atoms with E-state index in [2.05, 4.69) is 9.97 Å². The monoisotopic (exact) mass is 460 g/mol. The average molecular weight is 461 g/mol. The van der Waals surface area contributed by atoms with Gasteiger partial charge in [0.1, 0.15) is 11.9 Å². The fraction of sp³-hybridized carbons (Fsp3) is 0.304. The second-order valence-corrected chi connectivity index (χ2v) is 7.93. The number of aliphatic hydroxyl groups excluding tert-OH is 1. The van der Waals surface area contributed by atoms with E-state index in [1.807, 2.05) is 12.1 Å². The molecule has 0 aliphatic rings. The van der Waals surface area contributed by atoms with E-state index in [0.29, 0.717) is 29.3 Å². The van der Waals surface area contributed by atoms with Gasteiger partial charge in [0.2, 0.25) is 0 Å². The van der Waals surface area contributed by atoms with Crippen molar-refractivity contribution >= 4 is 17.4 Å². The Bertz CT molecular complexity index is 1050. The summed E-state index contributed by atoms with van der Waals surface area (Å²) in [5.41, 5.74) is 14.4. The Hall–Kier alpha value is -2.78. The van der Waals surface area contributed by atoms with Gasteiger partial charge in [-0.2, -0.15) is 0 Å². The summed E-state index contributed by atoms with van der Waals surface area (Å²) in [7, 11) is 0. The lowest BCUT2D eigenvalue weighted by atomic mass is 9.98. The summed E-state index contributed by atoms with van der Waals surface area (Å²) in [6, 6.07) is 9.72. The molecule has 2 aromatic heterocycles. The molecule has 170 valence electrons. The highest BCUT2D eigenvalue weighted by Crippen LogP contribution is 2.32. The maximum atomic E-state index is 14.2. The molecule has 0 spiro atoms. The van der Waals surface area contributed by atoms with Crippen LogP contribution in [0.1, 0.15) is 43.0 Å². The number of nitrogens with two attached hydrogens (primary N) is 2. The third kappa shape index (κ3) is 5.92. The zero-order valence-electron chi connectivity index (χ0n) is 17.6. The largest absolute Gasteiger partial charge is 0.482 e. The summed E-state index contributed by atoms with van der Waals surface area (Å²) in [5.74, 6) is -0.0103. The van der Waals surface area contributed by atoms with Gasteiger partial charge in [-0.15, -0.1) is 0 Å². The Morgan fingerprint density at radius 3 is 2.47 bits per heavy atom. The van der Waals surface area contributed by atoms with Crippen molar-refractivity contribution in [3.05, 3.63) is 70.9 Å². The number of hydrogen-bond acceptors (Lipinski definition) is 7. The minimum Gasteiger partial charge on any atom is -0.482 e. The number of nitrogens with zero attached hydrogens (tertiary/aromatic N) is 2. The van der Waals surface area contributed by atoms with Gasteiger partial charge in [0.15, 0.2) is 17.9 Å². The number of aliphatic hydroxyl groups is 2. The smallest absolute Gasteiger partial charge is 0.166 e. The molecule has 0 aliphatic heterocycles. The average Bonchev–Trinajstić information content (AvgIpc) is 2.77. The second kappa shape index (κ2) is 10.7. The molecule has 0 amide bonds. The van der Waals surface area contributed by atoms with Gasteiger partial charge in [-0.05, 0) is 50.1 Å². The number of halogens is 2. The molecule has 9 heteroatoms. The van der Waals surface area contributed by atoms with E-state index in [0.717, 1.165) is 16.8 Å². The van der Waals surface area contributed by atoms with E-state index in [4.69, 9.17) is 38.0 Å². The number of anilines is 1. The van der Waals surface area contributed by atoms with Crippen LogP contribution in [0.5, 0.6) is 5.75 Å². The van der Waals surface area contributed by atoms with Crippen LogP contribution >= 0.6 is 11.6 Å². The number of pyridine rings is 2. The van der Waals surface area contributed by atoms with Gasteiger partial charge in [0.05, 0.1) is 0 Å². The molecule has 3 aromatic rings. The highest BCUT2D eigenvalue weighted by molar-refractivity contribution is 6.30. The lowest BCUT2D eigenvalue weighted by Gasteiger charge is -2.18. The molecule has 0 fully saturated rings. The fourth-order valence-corrected chi connectivity index (χ4v) is 3.52.